The molecule has 1 amide bonds. The molecule has 1 atom stereocenters. The Morgan fingerprint density at radius 1 is 1.32 bits per heavy atom. The maximum atomic E-state index is 13.4. The highest BCUT2D eigenvalue weighted by Gasteiger charge is 2.46. The third-order valence-corrected chi connectivity index (χ3v) is 5.46. The minimum Gasteiger partial charge on any atom is -0.496 e. The van der Waals surface area contributed by atoms with Crippen molar-refractivity contribution in [3.8, 4) is 5.75 Å². The first kappa shape index (κ1) is 17.7. The summed E-state index contributed by atoms with van der Waals surface area (Å²) in [6.07, 6.45) is 2.62. The fourth-order valence-corrected chi connectivity index (χ4v) is 4.01. The number of methoxy groups -OCH3 is 1. The molecule has 6 nitrogen and oxygen atoms in total. The highest BCUT2D eigenvalue weighted by atomic mass is 16.5. The monoisotopic (exact) mass is 347 g/mol. The molecule has 136 valence electrons. The van der Waals surface area contributed by atoms with Crippen LogP contribution in [0.4, 0.5) is 0 Å². The van der Waals surface area contributed by atoms with Gasteiger partial charge in [-0.2, -0.15) is 0 Å². The standard InChI is InChI=1S/C19H25NO5/c1-13-5-6-14(11-15(13)24-2)19(7-3-4-8-19)18(23)20-9-10-25-16(12-20)17(21)22/h5-6,11,16H,3-4,7-10,12H2,1-2H3,(H,21,22). The Kier molecular flexibility index (Phi) is 4.99. The van der Waals surface area contributed by atoms with Gasteiger partial charge in [-0.05, 0) is 37.0 Å². The lowest BCUT2D eigenvalue weighted by molar-refractivity contribution is -0.161. The van der Waals surface area contributed by atoms with Crippen molar-refractivity contribution in [2.75, 3.05) is 26.8 Å². The number of hydrogen-bond acceptors (Lipinski definition) is 4. The van der Waals surface area contributed by atoms with E-state index in [1.165, 1.54) is 0 Å². The van der Waals surface area contributed by atoms with Crippen molar-refractivity contribution >= 4 is 11.9 Å². The van der Waals surface area contributed by atoms with Crippen molar-refractivity contribution in [1.82, 2.24) is 4.90 Å². The van der Waals surface area contributed by atoms with Crippen LogP contribution in [0.2, 0.25) is 0 Å². The van der Waals surface area contributed by atoms with Crippen LogP contribution in [-0.2, 0) is 19.7 Å². The molecule has 1 aromatic carbocycles. The van der Waals surface area contributed by atoms with Crippen molar-refractivity contribution in [2.45, 2.75) is 44.1 Å². The maximum Gasteiger partial charge on any atom is 0.334 e. The summed E-state index contributed by atoms with van der Waals surface area (Å²) in [4.78, 5) is 26.3. The number of carboxylic acid groups (broad SMARTS) is 1. The summed E-state index contributed by atoms with van der Waals surface area (Å²) in [6, 6.07) is 5.96. The minimum absolute atomic E-state index is 0.0189. The first-order valence-electron chi connectivity index (χ1n) is 8.77. The van der Waals surface area contributed by atoms with Crippen LogP contribution in [-0.4, -0.2) is 54.8 Å². The second-order valence-electron chi connectivity index (χ2n) is 6.92. The van der Waals surface area contributed by atoms with Crippen molar-refractivity contribution in [3.63, 3.8) is 0 Å². The number of aliphatic carboxylic acids is 1. The smallest absolute Gasteiger partial charge is 0.334 e. The van der Waals surface area contributed by atoms with E-state index in [9.17, 15) is 14.7 Å². The average molecular weight is 347 g/mol. The third kappa shape index (κ3) is 3.23. The van der Waals surface area contributed by atoms with Crippen molar-refractivity contribution < 1.29 is 24.2 Å². The Balaban J connectivity index is 1.92. The number of aryl methyl sites for hydroxylation is 1. The summed E-state index contributed by atoms with van der Waals surface area (Å²) < 4.78 is 10.7. The van der Waals surface area contributed by atoms with Gasteiger partial charge < -0.3 is 19.5 Å². The molecular formula is C19H25NO5. The summed E-state index contributed by atoms with van der Waals surface area (Å²) >= 11 is 0. The zero-order valence-electron chi connectivity index (χ0n) is 14.8. The number of carboxylic acids is 1. The zero-order chi connectivity index (χ0) is 18.0. The lowest BCUT2D eigenvalue weighted by Crippen LogP contribution is -2.54. The van der Waals surface area contributed by atoms with Crippen LogP contribution in [0.1, 0.15) is 36.8 Å². The number of morpholine rings is 1. The average Bonchev–Trinajstić information content (AvgIpc) is 3.12. The van der Waals surface area contributed by atoms with Gasteiger partial charge in [0.15, 0.2) is 6.10 Å². The molecule has 1 saturated carbocycles. The number of carbonyl (C=O) groups is 2. The maximum absolute atomic E-state index is 13.4. The number of hydrogen-bond donors (Lipinski definition) is 1. The SMILES string of the molecule is COc1cc(C2(C(=O)N3CCOC(C(=O)O)C3)CCCC2)ccc1C. The van der Waals surface area contributed by atoms with Gasteiger partial charge in [-0.3, -0.25) is 4.79 Å². The Morgan fingerprint density at radius 2 is 2.04 bits per heavy atom. The Bertz CT molecular complexity index is 666. The summed E-state index contributed by atoms with van der Waals surface area (Å²) in [5, 5.41) is 9.20. The van der Waals surface area contributed by atoms with Crippen molar-refractivity contribution in [3.05, 3.63) is 29.3 Å². The van der Waals surface area contributed by atoms with Gasteiger partial charge in [0.1, 0.15) is 5.75 Å². The van der Waals surface area contributed by atoms with Gasteiger partial charge in [-0.15, -0.1) is 0 Å². The highest BCUT2D eigenvalue weighted by Crippen LogP contribution is 2.44. The Morgan fingerprint density at radius 3 is 2.68 bits per heavy atom. The Labute approximate surface area is 147 Å². The van der Waals surface area contributed by atoms with E-state index in [0.717, 1.165) is 42.6 Å². The predicted molar refractivity (Wildman–Crippen MR) is 91.8 cm³/mol. The number of ether oxygens (including phenoxy) is 2. The van der Waals surface area contributed by atoms with E-state index in [1.54, 1.807) is 12.0 Å². The van der Waals surface area contributed by atoms with Gasteiger partial charge in [0.05, 0.1) is 25.7 Å². The summed E-state index contributed by atoms with van der Waals surface area (Å²) in [6.45, 7) is 2.79. The highest BCUT2D eigenvalue weighted by molar-refractivity contribution is 5.89. The second-order valence-corrected chi connectivity index (χ2v) is 6.92. The lowest BCUT2D eigenvalue weighted by Gasteiger charge is -2.38. The predicted octanol–water partition coefficient (Wildman–Crippen LogP) is 2.13. The fourth-order valence-electron chi connectivity index (χ4n) is 4.01. The number of rotatable bonds is 4. The van der Waals surface area contributed by atoms with Gasteiger partial charge >= 0.3 is 5.97 Å². The van der Waals surface area contributed by atoms with Crippen LogP contribution >= 0.6 is 0 Å². The van der Waals surface area contributed by atoms with E-state index in [1.807, 2.05) is 25.1 Å². The van der Waals surface area contributed by atoms with E-state index >= 15 is 0 Å². The molecule has 1 N–H and O–H groups in total. The number of amides is 1. The van der Waals surface area contributed by atoms with Crippen LogP contribution in [0.15, 0.2) is 18.2 Å². The number of nitrogens with zero attached hydrogens (tertiary/aromatic N) is 1. The molecular weight excluding hydrogens is 322 g/mol. The number of benzene rings is 1. The molecule has 0 radical (unpaired) electrons. The molecule has 25 heavy (non-hydrogen) atoms. The molecule has 1 saturated heterocycles. The first-order chi connectivity index (χ1) is 12.0. The molecule has 0 bridgehead atoms. The summed E-state index contributed by atoms with van der Waals surface area (Å²) in [7, 11) is 1.63. The van der Waals surface area contributed by atoms with E-state index in [0.29, 0.717) is 6.54 Å². The third-order valence-electron chi connectivity index (χ3n) is 5.46. The molecule has 1 heterocycles. The summed E-state index contributed by atoms with van der Waals surface area (Å²) in [5.74, 6) is -0.220. The molecule has 2 aliphatic rings. The summed E-state index contributed by atoms with van der Waals surface area (Å²) in [5.41, 5.74) is 1.42. The molecule has 1 aliphatic carbocycles. The van der Waals surface area contributed by atoms with Crippen LogP contribution in [0.5, 0.6) is 5.75 Å². The normalized spacial score (nSPS) is 22.6. The van der Waals surface area contributed by atoms with E-state index in [2.05, 4.69) is 0 Å². The van der Waals surface area contributed by atoms with Crippen molar-refractivity contribution in [1.29, 1.82) is 0 Å². The molecule has 1 aliphatic heterocycles. The Hall–Kier alpha value is -2.08. The van der Waals surface area contributed by atoms with Crippen molar-refractivity contribution in [2.24, 2.45) is 0 Å². The topological polar surface area (TPSA) is 76.1 Å². The largest absolute Gasteiger partial charge is 0.496 e. The van der Waals surface area contributed by atoms with Gasteiger partial charge in [0, 0.05) is 6.54 Å². The van der Waals surface area contributed by atoms with E-state index < -0.39 is 17.5 Å². The molecule has 0 aromatic heterocycles. The van der Waals surface area contributed by atoms with Crippen LogP contribution in [0.3, 0.4) is 0 Å². The fraction of sp³-hybridized carbons (Fsp3) is 0.579. The van der Waals surface area contributed by atoms with Gasteiger partial charge in [0.2, 0.25) is 5.91 Å². The number of carbonyl (C=O) groups excluding carboxylic acids is 1. The molecule has 3 rings (SSSR count). The van der Waals surface area contributed by atoms with E-state index in [-0.39, 0.29) is 19.1 Å². The quantitative estimate of drug-likeness (QED) is 0.903. The molecule has 1 aromatic rings. The van der Waals surface area contributed by atoms with Crippen LogP contribution in [0.25, 0.3) is 0 Å². The van der Waals surface area contributed by atoms with Gasteiger partial charge in [0.25, 0.3) is 0 Å². The van der Waals surface area contributed by atoms with E-state index in [4.69, 9.17) is 9.47 Å². The lowest BCUT2D eigenvalue weighted by atomic mass is 9.77. The van der Waals surface area contributed by atoms with Gasteiger partial charge in [-0.1, -0.05) is 25.0 Å². The first-order valence-corrected chi connectivity index (χ1v) is 8.77. The van der Waals surface area contributed by atoms with Gasteiger partial charge in [-0.25, -0.2) is 4.79 Å². The molecule has 1 unspecified atom stereocenters. The molecule has 6 heteroatoms. The van der Waals surface area contributed by atoms with Crippen LogP contribution in [0, 0.1) is 6.92 Å². The molecule has 0 spiro atoms. The minimum atomic E-state index is -1.02. The zero-order valence-corrected chi connectivity index (χ0v) is 14.8. The van der Waals surface area contributed by atoms with Crippen LogP contribution < -0.4 is 4.74 Å². The molecule has 2 fully saturated rings. The second kappa shape index (κ2) is 7.04.